The van der Waals surface area contributed by atoms with Crippen molar-refractivity contribution in [2.45, 2.75) is 33.1 Å². The molecule has 0 saturated carbocycles. The lowest BCUT2D eigenvalue weighted by atomic mass is 10.0. The molecule has 26 heavy (non-hydrogen) atoms. The molecule has 1 aromatic carbocycles. The van der Waals surface area contributed by atoms with Crippen LogP contribution in [0.15, 0.2) is 30.6 Å². The molecule has 6 nitrogen and oxygen atoms in total. The second-order valence-corrected chi connectivity index (χ2v) is 6.49. The van der Waals surface area contributed by atoms with Crippen LogP contribution in [0.5, 0.6) is 0 Å². The van der Waals surface area contributed by atoms with E-state index < -0.39 is 0 Å². The summed E-state index contributed by atoms with van der Waals surface area (Å²) in [5.41, 5.74) is 3.64. The molecule has 2 rings (SSSR count). The molecule has 0 aliphatic rings. The Kier molecular flexibility index (Phi) is 7.53. The Morgan fingerprint density at radius 3 is 2.23 bits per heavy atom. The van der Waals surface area contributed by atoms with Crippen LogP contribution in [0.1, 0.15) is 41.8 Å². The van der Waals surface area contributed by atoms with Crippen LogP contribution >= 0.6 is 0 Å². The number of hydrogen-bond acceptors (Lipinski definition) is 5. The molecular formula is C20H29N5O. The summed E-state index contributed by atoms with van der Waals surface area (Å²) in [6, 6.07) is 6.13. The molecule has 1 amide bonds. The van der Waals surface area contributed by atoms with Crippen molar-refractivity contribution in [2.75, 3.05) is 37.8 Å². The number of rotatable bonds is 9. The summed E-state index contributed by atoms with van der Waals surface area (Å²) in [6.45, 7) is 5.98. The van der Waals surface area contributed by atoms with Crippen LogP contribution < -0.4 is 10.6 Å². The van der Waals surface area contributed by atoms with Crippen molar-refractivity contribution in [2.24, 2.45) is 0 Å². The van der Waals surface area contributed by atoms with E-state index in [1.807, 2.05) is 32.3 Å². The molecule has 0 bridgehead atoms. The van der Waals surface area contributed by atoms with Gasteiger partial charge in [-0.25, -0.2) is 9.97 Å². The third-order valence-electron chi connectivity index (χ3n) is 4.22. The molecule has 0 spiro atoms. The predicted molar refractivity (Wildman–Crippen MR) is 107 cm³/mol. The highest BCUT2D eigenvalue weighted by molar-refractivity contribution is 6.04. The van der Waals surface area contributed by atoms with Gasteiger partial charge in [0.15, 0.2) is 0 Å². The van der Waals surface area contributed by atoms with E-state index in [2.05, 4.69) is 39.3 Å². The minimum absolute atomic E-state index is 0.181. The van der Waals surface area contributed by atoms with Gasteiger partial charge in [-0.15, -0.1) is 0 Å². The first-order chi connectivity index (χ1) is 12.5. The highest BCUT2D eigenvalue weighted by atomic mass is 16.1. The van der Waals surface area contributed by atoms with Crippen LogP contribution in [0.25, 0.3) is 0 Å². The monoisotopic (exact) mass is 355 g/mol. The third kappa shape index (κ3) is 5.52. The summed E-state index contributed by atoms with van der Waals surface area (Å²) in [5, 5.41) is 6.21. The predicted octanol–water partition coefficient (Wildman–Crippen LogP) is 3.22. The highest BCUT2D eigenvalue weighted by Crippen LogP contribution is 2.23. The van der Waals surface area contributed by atoms with Crippen molar-refractivity contribution in [3.63, 3.8) is 0 Å². The van der Waals surface area contributed by atoms with E-state index in [1.165, 1.54) is 0 Å². The van der Waals surface area contributed by atoms with Gasteiger partial charge in [0.05, 0.1) is 5.56 Å². The maximum absolute atomic E-state index is 12.6. The number of benzene rings is 1. The number of hydrogen-bond donors (Lipinski definition) is 2. The second kappa shape index (κ2) is 9.87. The minimum atomic E-state index is -0.181. The fourth-order valence-electron chi connectivity index (χ4n) is 2.72. The zero-order valence-corrected chi connectivity index (χ0v) is 16.2. The molecule has 2 N–H and O–H groups in total. The Morgan fingerprint density at radius 2 is 1.69 bits per heavy atom. The third-order valence-corrected chi connectivity index (χ3v) is 4.22. The van der Waals surface area contributed by atoms with Crippen LogP contribution in [0.4, 0.5) is 11.6 Å². The van der Waals surface area contributed by atoms with Gasteiger partial charge in [-0.2, -0.15) is 0 Å². The number of nitrogens with zero attached hydrogens (tertiary/aromatic N) is 3. The molecule has 2 aromatic rings. The van der Waals surface area contributed by atoms with Crippen LogP contribution in [0, 0.1) is 0 Å². The second-order valence-electron chi connectivity index (χ2n) is 6.49. The van der Waals surface area contributed by atoms with Crippen LogP contribution in [-0.4, -0.2) is 48.0 Å². The molecule has 6 heteroatoms. The highest BCUT2D eigenvalue weighted by Gasteiger charge is 2.12. The Labute approximate surface area is 156 Å². The summed E-state index contributed by atoms with van der Waals surface area (Å²) in [6.07, 6.45) is 5.88. The lowest BCUT2D eigenvalue weighted by Gasteiger charge is -2.14. The van der Waals surface area contributed by atoms with Crippen molar-refractivity contribution in [3.05, 3.63) is 47.3 Å². The first-order valence-corrected chi connectivity index (χ1v) is 9.17. The van der Waals surface area contributed by atoms with Gasteiger partial charge in [0.25, 0.3) is 5.91 Å². The summed E-state index contributed by atoms with van der Waals surface area (Å²) in [7, 11) is 4.09. The Hall–Kier alpha value is -2.47. The molecule has 140 valence electrons. The Bertz CT molecular complexity index is 690. The van der Waals surface area contributed by atoms with Crippen molar-refractivity contribution in [3.8, 4) is 0 Å². The van der Waals surface area contributed by atoms with Gasteiger partial charge in [-0.3, -0.25) is 4.79 Å². The summed E-state index contributed by atoms with van der Waals surface area (Å²) >= 11 is 0. The average Bonchev–Trinajstić information content (AvgIpc) is 2.65. The van der Waals surface area contributed by atoms with Gasteiger partial charge in [-0.05, 0) is 51.0 Å². The zero-order chi connectivity index (χ0) is 18.9. The van der Waals surface area contributed by atoms with E-state index in [1.54, 1.807) is 12.4 Å². The normalized spacial score (nSPS) is 10.8. The van der Waals surface area contributed by atoms with E-state index in [4.69, 9.17) is 0 Å². The van der Waals surface area contributed by atoms with Crippen molar-refractivity contribution >= 4 is 17.5 Å². The Morgan fingerprint density at radius 1 is 1.08 bits per heavy atom. The maximum Gasteiger partial charge on any atom is 0.258 e. The van der Waals surface area contributed by atoms with E-state index in [9.17, 15) is 4.79 Å². The molecule has 0 aliphatic heterocycles. The molecule has 0 saturated heterocycles. The summed E-state index contributed by atoms with van der Waals surface area (Å²) in [5.74, 6) is 0.364. The number of aryl methyl sites for hydroxylation is 2. The SMILES string of the molecule is CCc1cccc(CC)c1NC(=O)c1cnc(NCCCN(C)C)nc1. The van der Waals surface area contributed by atoms with Gasteiger partial charge in [0, 0.05) is 24.6 Å². The van der Waals surface area contributed by atoms with Crippen LogP contribution in [-0.2, 0) is 12.8 Å². The molecule has 0 fully saturated rings. The maximum atomic E-state index is 12.6. The van der Waals surface area contributed by atoms with Gasteiger partial charge < -0.3 is 15.5 Å². The standard InChI is InChI=1S/C20H29N5O/c1-5-15-9-7-10-16(6-2)18(15)24-19(26)17-13-22-20(23-14-17)21-11-8-12-25(3)4/h7,9-10,13-14H,5-6,8,11-12H2,1-4H3,(H,24,26)(H,21,22,23). The molecule has 0 radical (unpaired) electrons. The van der Waals surface area contributed by atoms with E-state index >= 15 is 0 Å². The zero-order valence-electron chi connectivity index (χ0n) is 16.2. The quantitative estimate of drug-likeness (QED) is 0.676. The van der Waals surface area contributed by atoms with Gasteiger partial charge in [0.1, 0.15) is 0 Å². The number of anilines is 2. The van der Waals surface area contributed by atoms with Gasteiger partial charge in [0.2, 0.25) is 5.95 Å². The first-order valence-electron chi connectivity index (χ1n) is 9.17. The smallest absolute Gasteiger partial charge is 0.258 e. The first kappa shape index (κ1) is 19.8. The van der Waals surface area contributed by atoms with Crippen molar-refractivity contribution in [1.29, 1.82) is 0 Å². The number of aromatic nitrogens is 2. The molecule has 0 unspecified atom stereocenters. The average molecular weight is 355 g/mol. The van der Waals surface area contributed by atoms with Crippen LogP contribution in [0.3, 0.4) is 0 Å². The lowest BCUT2D eigenvalue weighted by molar-refractivity contribution is 0.102. The molecule has 1 heterocycles. The van der Waals surface area contributed by atoms with Crippen LogP contribution in [0.2, 0.25) is 0 Å². The molecule has 0 aliphatic carbocycles. The summed E-state index contributed by atoms with van der Waals surface area (Å²) in [4.78, 5) is 23.2. The largest absolute Gasteiger partial charge is 0.354 e. The fraction of sp³-hybridized carbons (Fsp3) is 0.450. The van der Waals surface area contributed by atoms with E-state index in [-0.39, 0.29) is 5.91 Å². The number of carbonyl (C=O) groups is 1. The molecule has 0 atom stereocenters. The molecule has 1 aromatic heterocycles. The van der Waals surface area contributed by atoms with Crippen molar-refractivity contribution < 1.29 is 4.79 Å². The van der Waals surface area contributed by atoms with E-state index in [0.29, 0.717) is 11.5 Å². The Balaban J connectivity index is 2.00. The number of carbonyl (C=O) groups excluding carboxylic acids is 1. The van der Waals surface area contributed by atoms with Gasteiger partial charge in [-0.1, -0.05) is 32.0 Å². The van der Waals surface area contributed by atoms with Gasteiger partial charge >= 0.3 is 0 Å². The fourth-order valence-corrected chi connectivity index (χ4v) is 2.72. The van der Waals surface area contributed by atoms with E-state index in [0.717, 1.165) is 49.2 Å². The van der Waals surface area contributed by atoms with Crippen molar-refractivity contribution in [1.82, 2.24) is 14.9 Å². The lowest BCUT2D eigenvalue weighted by Crippen LogP contribution is -2.18. The molecular weight excluding hydrogens is 326 g/mol. The number of nitrogens with one attached hydrogen (secondary N) is 2. The minimum Gasteiger partial charge on any atom is -0.354 e. The topological polar surface area (TPSA) is 70.2 Å². The number of para-hydroxylation sites is 1. The number of amides is 1. The summed E-state index contributed by atoms with van der Waals surface area (Å²) < 4.78 is 0.